The lowest BCUT2D eigenvalue weighted by Gasteiger charge is -2.15. The van der Waals surface area contributed by atoms with Crippen molar-refractivity contribution in [1.82, 2.24) is 0 Å². The molecule has 0 N–H and O–H groups in total. The molecule has 0 aliphatic rings. The molecule has 0 saturated heterocycles. The van der Waals surface area contributed by atoms with Gasteiger partial charge in [-0.2, -0.15) is 0 Å². The molecule has 3 nitrogen and oxygen atoms in total. The zero-order chi connectivity index (χ0) is 11.4. The first-order valence-corrected chi connectivity index (χ1v) is 4.60. The lowest BCUT2D eigenvalue weighted by atomic mass is 10.4. The van der Waals surface area contributed by atoms with Crippen LogP contribution in [0.25, 0.3) is 0 Å². The molecule has 0 spiro atoms. The minimum atomic E-state index is -0.162. The molecular weight excluding hydrogens is 192 g/mol. The second-order valence-electron chi connectivity index (χ2n) is 2.68. The van der Waals surface area contributed by atoms with E-state index in [1.807, 2.05) is 0 Å². The van der Waals surface area contributed by atoms with Gasteiger partial charge in [0.05, 0.1) is 19.8 Å². The molecule has 0 aromatic heterocycles. The Morgan fingerprint density at radius 3 is 2.07 bits per heavy atom. The Bertz CT molecular complexity index is 214. The van der Waals surface area contributed by atoms with Crippen molar-refractivity contribution in [3.8, 4) is 24.7 Å². The Morgan fingerprint density at radius 2 is 1.67 bits per heavy atom. The molecule has 15 heavy (non-hydrogen) atoms. The van der Waals surface area contributed by atoms with Crippen LogP contribution in [-0.2, 0) is 14.2 Å². The highest BCUT2D eigenvalue weighted by molar-refractivity contribution is 4.84. The van der Waals surface area contributed by atoms with Gasteiger partial charge in [0.25, 0.3) is 0 Å². The molecular formula is C12H16O3. The van der Waals surface area contributed by atoms with E-state index >= 15 is 0 Å². The summed E-state index contributed by atoms with van der Waals surface area (Å²) in [4.78, 5) is 0. The van der Waals surface area contributed by atoms with Crippen molar-refractivity contribution in [3.63, 3.8) is 0 Å². The van der Waals surface area contributed by atoms with Gasteiger partial charge in [0.2, 0.25) is 0 Å². The van der Waals surface area contributed by atoms with Crippen molar-refractivity contribution in [3.05, 3.63) is 12.7 Å². The standard InChI is InChI=1S/C12H16O3/c1-4-7-13-10-12(15-9-6-3)11-14-8-5-2/h1-2,6,12H,3,7-11H2. The Balaban J connectivity index is 3.69. The van der Waals surface area contributed by atoms with E-state index < -0.39 is 0 Å². The summed E-state index contributed by atoms with van der Waals surface area (Å²) in [5.41, 5.74) is 0. The van der Waals surface area contributed by atoms with Crippen LogP contribution in [-0.4, -0.2) is 39.1 Å². The van der Waals surface area contributed by atoms with Crippen LogP contribution in [0.4, 0.5) is 0 Å². The largest absolute Gasteiger partial charge is 0.369 e. The maximum atomic E-state index is 5.38. The zero-order valence-electron chi connectivity index (χ0n) is 8.78. The summed E-state index contributed by atoms with van der Waals surface area (Å²) in [6, 6.07) is 0. The summed E-state index contributed by atoms with van der Waals surface area (Å²) in [6.45, 7) is 5.32. The van der Waals surface area contributed by atoms with Crippen molar-refractivity contribution in [2.75, 3.05) is 33.0 Å². The van der Waals surface area contributed by atoms with E-state index in [0.29, 0.717) is 19.8 Å². The minimum absolute atomic E-state index is 0.162. The molecule has 0 amide bonds. The molecule has 0 unspecified atom stereocenters. The highest BCUT2D eigenvalue weighted by Gasteiger charge is 2.08. The zero-order valence-corrected chi connectivity index (χ0v) is 8.78. The molecule has 3 heteroatoms. The molecule has 0 atom stereocenters. The molecule has 0 rings (SSSR count). The van der Waals surface area contributed by atoms with Crippen molar-refractivity contribution in [1.29, 1.82) is 0 Å². The summed E-state index contributed by atoms with van der Waals surface area (Å²) >= 11 is 0. The van der Waals surface area contributed by atoms with Gasteiger partial charge in [0, 0.05) is 0 Å². The summed E-state index contributed by atoms with van der Waals surface area (Å²) in [6.07, 6.45) is 11.6. The first-order chi connectivity index (χ1) is 7.35. The molecule has 0 bridgehead atoms. The van der Waals surface area contributed by atoms with E-state index in [1.165, 1.54) is 0 Å². The smallest absolute Gasteiger partial charge is 0.107 e. The molecule has 0 radical (unpaired) electrons. The van der Waals surface area contributed by atoms with E-state index in [0.717, 1.165) is 0 Å². The second kappa shape index (κ2) is 10.8. The number of hydrogen-bond donors (Lipinski definition) is 0. The van der Waals surface area contributed by atoms with Crippen molar-refractivity contribution >= 4 is 0 Å². The first-order valence-electron chi connectivity index (χ1n) is 4.60. The molecule has 0 fully saturated rings. The van der Waals surface area contributed by atoms with Gasteiger partial charge >= 0.3 is 0 Å². The number of terminal acetylenes is 2. The average Bonchev–Trinajstić information content (AvgIpc) is 2.25. The molecule has 0 heterocycles. The fraction of sp³-hybridized carbons (Fsp3) is 0.500. The van der Waals surface area contributed by atoms with Crippen molar-refractivity contribution in [2.45, 2.75) is 6.10 Å². The van der Waals surface area contributed by atoms with Gasteiger partial charge in [0.15, 0.2) is 0 Å². The Labute approximate surface area is 91.4 Å². The van der Waals surface area contributed by atoms with Gasteiger partial charge in [-0.15, -0.1) is 19.4 Å². The van der Waals surface area contributed by atoms with Crippen LogP contribution in [0, 0.1) is 24.7 Å². The van der Waals surface area contributed by atoms with E-state index in [-0.39, 0.29) is 19.3 Å². The number of rotatable bonds is 9. The van der Waals surface area contributed by atoms with Crippen LogP contribution < -0.4 is 0 Å². The summed E-state index contributed by atoms with van der Waals surface area (Å²) in [5, 5.41) is 0. The van der Waals surface area contributed by atoms with Crippen molar-refractivity contribution < 1.29 is 14.2 Å². The summed E-state index contributed by atoms with van der Waals surface area (Å²) in [7, 11) is 0. The summed E-state index contributed by atoms with van der Waals surface area (Å²) < 4.78 is 15.7. The van der Waals surface area contributed by atoms with Gasteiger partial charge in [-0.1, -0.05) is 17.9 Å². The Kier molecular flexibility index (Phi) is 9.91. The minimum Gasteiger partial charge on any atom is -0.369 e. The highest BCUT2D eigenvalue weighted by atomic mass is 16.6. The van der Waals surface area contributed by atoms with E-state index in [9.17, 15) is 0 Å². The van der Waals surface area contributed by atoms with Crippen LogP contribution in [0.5, 0.6) is 0 Å². The van der Waals surface area contributed by atoms with Gasteiger partial charge < -0.3 is 14.2 Å². The van der Waals surface area contributed by atoms with Crippen LogP contribution in [0.15, 0.2) is 12.7 Å². The topological polar surface area (TPSA) is 27.7 Å². The first kappa shape index (κ1) is 13.7. The highest BCUT2D eigenvalue weighted by Crippen LogP contribution is 1.95. The Hall–Kier alpha value is -1.26. The molecule has 0 aliphatic heterocycles. The van der Waals surface area contributed by atoms with Crippen LogP contribution in [0.2, 0.25) is 0 Å². The molecule has 0 saturated carbocycles. The lowest BCUT2D eigenvalue weighted by molar-refractivity contribution is -0.0413. The average molecular weight is 208 g/mol. The normalized spacial score (nSPS) is 9.53. The summed E-state index contributed by atoms with van der Waals surface area (Å²) in [5.74, 6) is 4.75. The van der Waals surface area contributed by atoms with Gasteiger partial charge in [-0.3, -0.25) is 0 Å². The quantitative estimate of drug-likeness (QED) is 0.319. The van der Waals surface area contributed by atoms with E-state index in [2.05, 4.69) is 18.4 Å². The number of ether oxygens (including phenoxy) is 3. The molecule has 82 valence electrons. The van der Waals surface area contributed by atoms with Crippen LogP contribution >= 0.6 is 0 Å². The molecule has 0 aliphatic carbocycles. The molecule has 0 aromatic carbocycles. The predicted octanol–water partition coefficient (Wildman–Crippen LogP) is 0.857. The lowest BCUT2D eigenvalue weighted by Crippen LogP contribution is -2.26. The second-order valence-corrected chi connectivity index (χ2v) is 2.68. The van der Waals surface area contributed by atoms with Crippen LogP contribution in [0.3, 0.4) is 0 Å². The van der Waals surface area contributed by atoms with Crippen molar-refractivity contribution in [2.24, 2.45) is 0 Å². The SMILES string of the molecule is C#CCOCC(COCC#C)OCC=C. The predicted molar refractivity (Wildman–Crippen MR) is 59.2 cm³/mol. The fourth-order valence-electron chi connectivity index (χ4n) is 0.847. The maximum Gasteiger partial charge on any atom is 0.107 e. The monoisotopic (exact) mass is 208 g/mol. The molecule has 0 aromatic rings. The maximum absolute atomic E-state index is 5.38. The fourth-order valence-corrected chi connectivity index (χ4v) is 0.847. The van der Waals surface area contributed by atoms with Gasteiger partial charge in [-0.05, 0) is 0 Å². The third-order valence-corrected chi connectivity index (χ3v) is 1.43. The third-order valence-electron chi connectivity index (χ3n) is 1.43. The van der Waals surface area contributed by atoms with E-state index in [4.69, 9.17) is 27.1 Å². The van der Waals surface area contributed by atoms with Crippen LogP contribution in [0.1, 0.15) is 0 Å². The third kappa shape index (κ3) is 9.05. The van der Waals surface area contributed by atoms with E-state index in [1.54, 1.807) is 6.08 Å². The van der Waals surface area contributed by atoms with Gasteiger partial charge in [-0.25, -0.2) is 0 Å². The van der Waals surface area contributed by atoms with Gasteiger partial charge in [0.1, 0.15) is 19.3 Å². The number of hydrogen-bond acceptors (Lipinski definition) is 3. The Morgan fingerprint density at radius 1 is 1.13 bits per heavy atom.